The Morgan fingerprint density at radius 1 is 1.43 bits per heavy atom. The van der Waals surface area contributed by atoms with Crippen molar-refractivity contribution in [2.75, 3.05) is 26.2 Å². The molecule has 6 nitrogen and oxygen atoms in total. The molecule has 0 spiro atoms. The van der Waals surface area contributed by atoms with E-state index in [0.29, 0.717) is 23.7 Å². The van der Waals surface area contributed by atoms with E-state index in [0.717, 1.165) is 6.54 Å². The lowest BCUT2D eigenvalue weighted by Crippen LogP contribution is -2.53. The number of piperazine rings is 1. The number of carbonyl (C=O) groups excluding carboxylic acids is 2. The van der Waals surface area contributed by atoms with Gasteiger partial charge in [-0.2, -0.15) is 5.26 Å². The first-order chi connectivity index (χ1) is 10.1. The van der Waals surface area contributed by atoms with Crippen LogP contribution >= 0.6 is 11.6 Å². The number of nitrogens with one attached hydrogen (secondary N) is 2. The summed E-state index contributed by atoms with van der Waals surface area (Å²) in [6, 6.07) is 8.05. The Morgan fingerprint density at radius 2 is 2.14 bits per heavy atom. The Labute approximate surface area is 127 Å². The van der Waals surface area contributed by atoms with Crippen molar-refractivity contribution in [3.8, 4) is 6.07 Å². The molecule has 1 heterocycles. The molecule has 1 aromatic carbocycles. The Balaban J connectivity index is 1.90. The molecule has 110 valence electrons. The monoisotopic (exact) mass is 306 g/mol. The fourth-order valence-corrected chi connectivity index (χ4v) is 2.21. The van der Waals surface area contributed by atoms with Crippen molar-refractivity contribution in [3.05, 3.63) is 34.9 Å². The van der Waals surface area contributed by atoms with Gasteiger partial charge in [-0.15, -0.1) is 0 Å². The molecule has 1 aliphatic heterocycles. The van der Waals surface area contributed by atoms with Crippen LogP contribution in [0, 0.1) is 11.3 Å². The maximum atomic E-state index is 11.9. The van der Waals surface area contributed by atoms with E-state index >= 15 is 0 Å². The van der Waals surface area contributed by atoms with Gasteiger partial charge < -0.3 is 5.32 Å². The van der Waals surface area contributed by atoms with Crippen molar-refractivity contribution in [2.24, 2.45) is 0 Å². The fraction of sp³-hybridized carbons (Fsp3) is 0.357. The van der Waals surface area contributed by atoms with Crippen LogP contribution < -0.4 is 10.6 Å². The number of benzene rings is 1. The van der Waals surface area contributed by atoms with E-state index in [1.807, 2.05) is 0 Å². The van der Waals surface area contributed by atoms with E-state index in [1.54, 1.807) is 29.2 Å². The molecule has 1 atom stereocenters. The molecule has 1 fully saturated rings. The molecule has 0 bridgehead atoms. The molecular weight excluding hydrogens is 292 g/mol. The summed E-state index contributed by atoms with van der Waals surface area (Å²) in [5.74, 6) is -0.891. The maximum Gasteiger partial charge on any atom is 0.257 e. The number of rotatable bonds is 3. The fourth-order valence-electron chi connectivity index (χ4n) is 2.09. The zero-order valence-electron chi connectivity index (χ0n) is 11.3. The van der Waals surface area contributed by atoms with Gasteiger partial charge in [0.1, 0.15) is 6.04 Å². The van der Waals surface area contributed by atoms with Crippen LogP contribution in [0.15, 0.2) is 24.3 Å². The average molecular weight is 307 g/mol. The number of carbonyl (C=O) groups is 2. The standard InChI is InChI=1S/C14H15ClN4O2/c15-11-3-1-10(2-4-11)14(21)18-13(20)9-19-6-5-17-8-12(19)7-16/h1-4,12,17H,5-6,8-9H2,(H,18,20,21). The molecule has 2 N–H and O–H groups in total. The van der Waals surface area contributed by atoms with E-state index in [9.17, 15) is 9.59 Å². The van der Waals surface area contributed by atoms with Gasteiger partial charge in [-0.25, -0.2) is 0 Å². The van der Waals surface area contributed by atoms with Gasteiger partial charge in [-0.3, -0.25) is 19.8 Å². The molecule has 2 rings (SSSR count). The summed E-state index contributed by atoms with van der Waals surface area (Å²) >= 11 is 5.74. The lowest BCUT2D eigenvalue weighted by atomic mass is 10.2. The number of hydrogen-bond donors (Lipinski definition) is 2. The molecule has 2 amide bonds. The summed E-state index contributed by atoms with van der Waals surface area (Å²) < 4.78 is 0. The van der Waals surface area contributed by atoms with Crippen LogP contribution in [-0.4, -0.2) is 48.9 Å². The highest BCUT2D eigenvalue weighted by Crippen LogP contribution is 2.09. The van der Waals surface area contributed by atoms with Gasteiger partial charge in [-0.05, 0) is 24.3 Å². The lowest BCUT2D eigenvalue weighted by molar-refractivity contribution is -0.121. The minimum Gasteiger partial charge on any atom is -0.313 e. The number of nitrogens with zero attached hydrogens (tertiary/aromatic N) is 2. The second kappa shape index (κ2) is 7.18. The van der Waals surface area contributed by atoms with Crippen molar-refractivity contribution in [1.82, 2.24) is 15.5 Å². The molecular formula is C14H15ClN4O2. The van der Waals surface area contributed by atoms with Gasteiger partial charge in [0.05, 0.1) is 12.6 Å². The third-order valence-corrected chi connectivity index (χ3v) is 3.46. The highest BCUT2D eigenvalue weighted by Gasteiger charge is 2.24. The first-order valence-electron chi connectivity index (χ1n) is 6.54. The number of halogens is 1. The Hall–Kier alpha value is -1.94. The minimum atomic E-state index is -0.472. The Bertz CT molecular complexity index is 567. The van der Waals surface area contributed by atoms with E-state index in [1.165, 1.54) is 0 Å². The largest absolute Gasteiger partial charge is 0.313 e. The van der Waals surface area contributed by atoms with E-state index in [-0.39, 0.29) is 12.6 Å². The smallest absolute Gasteiger partial charge is 0.257 e. The van der Waals surface area contributed by atoms with E-state index in [4.69, 9.17) is 16.9 Å². The molecule has 0 radical (unpaired) electrons. The van der Waals surface area contributed by atoms with Crippen LogP contribution in [0.2, 0.25) is 5.02 Å². The molecule has 1 aliphatic rings. The first kappa shape index (κ1) is 15.4. The van der Waals surface area contributed by atoms with Crippen molar-refractivity contribution in [2.45, 2.75) is 6.04 Å². The highest BCUT2D eigenvalue weighted by atomic mass is 35.5. The second-order valence-corrected chi connectivity index (χ2v) is 5.14. The summed E-state index contributed by atoms with van der Waals surface area (Å²) in [5, 5.41) is 14.9. The predicted molar refractivity (Wildman–Crippen MR) is 77.8 cm³/mol. The van der Waals surface area contributed by atoms with Crippen molar-refractivity contribution in [1.29, 1.82) is 5.26 Å². The summed E-state index contributed by atoms with van der Waals surface area (Å²) in [4.78, 5) is 25.5. The zero-order chi connectivity index (χ0) is 15.2. The minimum absolute atomic E-state index is 0.0270. The SMILES string of the molecule is N#CC1CNCCN1CC(=O)NC(=O)c1ccc(Cl)cc1. The normalized spacial score (nSPS) is 18.8. The predicted octanol–water partition coefficient (Wildman–Crippen LogP) is 0.394. The van der Waals surface area contributed by atoms with Gasteiger partial charge in [0.2, 0.25) is 5.91 Å². The number of hydrogen-bond acceptors (Lipinski definition) is 5. The molecule has 0 aromatic heterocycles. The van der Waals surface area contributed by atoms with Gasteiger partial charge in [-0.1, -0.05) is 11.6 Å². The number of amides is 2. The first-order valence-corrected chi connectivity index (χ1v) is 6.92. The number of imide groups is 1. The van der Waals surface area contributed by atoms with Crippen LogP contribution in [0.25, 0.3) is 0 Å². The molecule has 1 unspecified atom stereocenters. The average Bonchev–Trinajstić information content (AvgIpc) is 2.48. The van der Waals surface area contributed by atoms with Crippen molar-refractivity contribution in [3.63, 3.8) is 0 Å². The van der Waals surface area contributed by atoms with Crippen LogP contribution in [0.5, 0.6) is 0 Å². The Kier molecular flexibility index (Phi) is 5.28. The van der Waals surface area contributed by atoms with E-state index in [2.05, 4.69) is 16.7 Å². The van der Waals surface area contributed by atoms with Crippen LogP contribution in [0.3, 0.4) is 0 Å². The van der Waals surface area contributed by atoms with E-state index < -0.39 is 11.8 Å². The summed E-state index contributed by atoms with van der Waals surface area (Å²) in [5.41, 5.74) is 0.366. The zero-order valence-corrected chi connectivity index (χ0v) is 12.1. The van der Waals surface area contributed by atoms with Crippen molar-refractivity contribution >= 4 is 23.4 Å². The van der Waals surface area contributed by atoms with Gasteiger partial charge in [0.25, 0.3) is 5.91 Å². The third kappa shape index (κ3) is 4.26. The second-order valence-electron chi connectivity index (χ2n) is 4.70. The molecule has 0 saturated carbocycles. The van der Waals surface area contributed by atoms with Gasteiger partial charge in [0.15, 0.2) is 0 Å². The summed E-state index contributed by atoms with van der Waals surface area (Å²) in [6.07, 6.45) is 0. The topological polar surface area (TPSA) is 85.2 Å². The molecule has 0 aliphatic carbocycles. The summed E-state index contributed by atoms with van der Waals surface area (Å²) in [6.45, 7) is 1.87. The molecule has 21 heavy (non-hydrogen) atoms. The quantitative estimate of drug-likeness (QED) is 0.844. The third-order valence-electron chi connectivity index (χ3n) is 3.21. The van der Waals surface area contributed by atoms with Gasteiger partial charge >= 0.3 is 0 Å². The Morgan fingerprint density at radius 3 is 2.81 bits per heavy atom. The van der Waals surface area contributed by atoms with Crippen molar-refractivity contribution < 1.29 is 9.59 Å². The molecule has 7 heteroatoms. The van der Waals surface area contributed by atoms with Crippen LogP contribution in [0.1, 0.15) is 10.4 Å². The maximum absolute atomic E-state index is 11.9. The van der Waals surface area contributed by atoms with Gasteiger partial charge in [0, 0.05) is 30.2 Å². The lowest BCUT2D eigenvalue weighted by Gasteiger charge is -2.30. The summed E-state index contributed by atoms with van der Waals surface area (Å²) in [7, 11) is 0. The van der Waals surface area contributed by atoms with Crippen LogP contribution in [-0.2, 0) is 4.79 Å². The molecule has 1 aromatic rings. The molecule has 1 saturated heterocycles. The highest BCUT2D eigenvalue weighted by molar-refractivity contribution is 6.30. The van der Waals surface area contributed by atoms with Crippen LogP contribution in [0.4, 0.5) is 0 Å². The number of nitriles is 1.